The fraction of sp³-hybridized carbons (Fsp3) is 0.0769. The number of hydrogen-bond acceptors (Lipinski definition) is 3. The van der Waals surface area contributed by atoms with Crippen LogP contribution in [-0.2, 0) is 0 Å². The van der Waals surface area contributed by atoms with Crippen molar-refractivity contribution in [2.24, 2.45) is 0 Å². The zero-order chi connectivity index (χ0) is 11.8. The van der Waals surface area contributed by atoms with Crippen LogP contribution in [0.15, 0.2) is 36.5 Å². The first-order valence-corrected chi connectivity index (χ1v) is 6.10. The molecule has 0 spiro atoms. The molecule has 0 radical (unpaired) electrons. The first kappa shape index (κ1) is 10.2. The Hall–Kier alpha value is -1.94. The molecule has 0 aliphatic rings. The number of nitrogens with zero attached hydrogens (tertiary/aromatic N) is 2. The smallest absolute Gasteiger partial charge is 0.166 e. The first-order valence-electron chi connectivity index (χ1n) is 5.28. The van der Waals surface area contributed by atoms with Crippen LogP contribution in [0.1, 0.15) is 15.4 Å². The lowest BCUT2D eigenvalue weighted by molar-refractivity contribution is 0.111. The van der Waals surface area contributed by atoms with Gasteiger partial charge in [0, 0.05) is 11.1 Å². The summed E-state index contributed by atoms with van der Waals surface area (Å²) in [5, 5.41) is 0. The van der Waals surface area contributed by atoms with Crippen LogP contribution >= 0.6 is 11.3 Å². The average molecular weight is 242 g/mol. The fourth-order valence-electron chi connectivity index (χ4n) is 1.82. The van der Waals surface area contributed by atoms with Gasteiger partial charge < -0.3 is 0 Å². The molecule has 3 heterocycles. The highest BCUT2D eigenvalue weighted by Gasteiger charge is 2.07. The number of carbonyl (C=O) groups is 1. The van der Waals surface area contributed by atoms with Crippen molar-refractivity contribution in [3.8, 4) is 10.6 Å². The number of aromatic nitrogens is 2. The molecule has 84 valence electrons. The monoisotopic (exact) mass is 242 g/mol. The Morgan fingerprint density at radius 3 is 2.88 bits per heavy atom. The standard InChI is InChI=1S/C13H10N2OS/c1-9-5-6-12(17-9)11-7-15-10(8-16)3-2-4-13(15)14-11/h2-8H,1H3. The summed E-state index contributed by atoms with van der Waals surface area (Å²) in [5.41, 5.74) is 2.34. The molecule has 0 unspecified atom stereocenters. The molecule has 17 heavy (non-hydrogen) atoms. The molecule has 4 heteroatoms. The Kier molecular flexibility index (Phi) is 2.30. The van der Waals surface area contributed by atoms with Gasteiger partial charge in [-0.3, -0.25) is 9.20 Å². The normalized spacial score (nSPS) is 10.9. The van der Waals surface area contributed by atoms with Crippen LogP contribution in [-0.4, -0.2) is 15.7 Å². The van der Waals surface area contributed by atoms with Gasteiger partial charge in [0.25, 0.3) is 0 Å². The zero-order valence-corrected chi connectivity index (χ0v) is 10.1. The molecule has 3 nitrogen and oxygen atoms in total. The molecule has 0 N–H and O–H groups in total. The molecule has 0 aliphatic heterocycles. The minimum absolute atomic E-state index is 0.620. The van der Waals surface area contributed by atoms with Gasteiger partial charge in [-0.15, -0.1) is 11.3 Å². The molecule has 0 atom stereocenters. The molecule has 0 amide bonds. The highest BCUT2D eigenvalue weighted by atomic mass is 32.1. The predicted molar refractivity (Wildman–Crippen MR) is 68.6 cm³/mol. The summed E-state index contributed by atoms with van der Waals surface area (Å²) in [6.07, 6.45) is 2.75. The van der Waals surface area contributed by atoms with Gasteiger partial charge in [-0.05, 0) is 31.2 Å². The van der Waals surface area contributed by atoms with Crippen molar-refractivity contribution in [3.05, 3.63) is 47.1 Å². The van der Waals surface area contributed by atoms with Crippen LogP contribution < -0.4 is 0 Å². The minimum atomic E-state index is 0.620. The van der Waals surface area contributed by atoms with Crippen LogP contribution in [0, 0.1) is 6.92 Å². The van der Waals surface area contributed by atoms with Crippen molar-refractivity contribution >= 4 is 23.3 Å². The molecule has 3 rings (SSSR count). The van der Waals surface area contributed by atoms with Crippen molar-refractivity contribution in [2.75, 3.05) is 0 Å². The van der Waals surface area contributed by atoms with Crippen molar-refractivity contribution in [1.82, 2.24) is 9.38 Å². The van der Waals surface area contributed by atoms with E-state index in [0.717, 1.165) is 22.5 Å². The topological polar surface area (TPSA) is 34.4 Å². The number of imidazole rings is 1. The van der Waals surface area contributed by atoms with E-state index in [0.29, 0.717) is 5.69 Å². The van der Waals surface area contributed by atoms with E-state index in [1.54, 1.807) is 17.4 Å². The molecule has 3 aromatic heterocycles. The predicted octanol–water partition coefficient (Wildman–Crippen LogP) is 3.18. The lowest BCUT2D eigenvalue weighted by Gasteiger charge is -1.94. The molecular formula is C13H10N2OS. The highest BCUT2D eigenvalue weighted by Crippen LogP contribution is 2.27. The van der Waals surface area contributed by atoms with Gasteiger partial charge in [0.15, 0.2) is 6.29 Å². The lowest BCUT2D eigenvalue weighted by atomic mass is 10.3. The number of fused-ring (bicyclic) bond motifs is 1. The van der Waals surface area contributed by atoms with Crippen molar-refractivity contribution in [2.45, 2.75) is 6.92 Å². The van der Waals surface area contributed by atoms with E-state index in [4.69, 9.17) is 0 Å². The second kappa shape index (κ2) is 3.82. The summed E-state index contributed by atoms with van der Waals surface area (Å²) in [4.78, 5) is 17.8. The Balaban J connectivity index is 2.23. The second-order valence-electron chi connectivity index (χ2n) is 3.83. The van der Waals surface area contributed by atoms with Gasteiger partial charge in [0.1, 0.15) is 5.65 Å². The number of carbonyl (C=O) groups excluding carboxylic acids is 1. The third kappa shape index (κ3) is 1.66. The maximum atomic E-state index is 10.9. The molecular weight excluding hydrogens is 232 g/mol. The second-order valence-corrected chi connectivity index (χ2v) is 5.12. The summed E-state index contributed by atoms with van der Waals surface area (Å²) < 4.78 is 1.82. The van der Waals surface area contributed by atoms with E-state index in [-0.39, 0.29) is 0 Å². The van der Waals surface area contributed by atoms with E-state index in [1.165, 1.54) is 4.88 Å². The summed E-state index contributed by atoms with van der Waals surface area (Å²) in [5.74, 6) is 0. The van der Waals surface area contributed by atoms with Gasteiger partial charge >= 0.3 is 0 Å². The summed E-state index contributed by atoms with van der Waals surface area (Å²) in [6, 6.07) is 9.66. The van der Waals surface area contributed by atoms with E-state index < -0.39 is 0 Å². The molecule has 0 saturated heterocycles. The molecule has 3 aromatic rings. The van der Waals surface area contributed by atoms with Crippen LogP contribution in [0.5, 0.6) is 0 Å². The van der Waals surface area contributed by atoms with Crippen molar-refractivity contribution in [1.29, 1.82) is 0 Å². The Labute approximate surface area is 102 Å². The summed E-state index contributed by atoms with van der Waals surface area (Å²) in [6.45, 7) is 2.07. The minimum Gasteiger partial charge on any atom is -0.296 e. The lowest BCUT2D eigenvalue weighted by Crippen LogP contribution is -1.91. The van der Waals surface area contributed by atoms with Crippen LogP contribution in [0.2, 0.25) is 0 Å². The molecule has 0 fully saturated rings. The number of aryl methyl sites for hydroxylation is 1. The first-order chi connectivity index (χ1) is 8.28. The Bertz CT molecular complexity index is 696. The van der Waals surface area contributed by atoms with Crippen molar-refractivity contribution in [3.63, 3.8) is 0 Å². The fourth-order valence-corrected chi connectivity index (χ4v) is 2.64. The SMILES string of the molecule is Cc1ccc(-c2cn3c(C=O)cccc3n2)s1. The van der Waals surface area contributed by atoms with Crippen LogP contribution in [0.3, 0.4) is 0 Å². The molecule has 0 aromatic carbocycles. The number of aldehydes is 1. The third-order valence-electron chi connectivity index (χ3n) is 2.64. The number of pyridine rings is 1. The van der Waals surface area contributed by atoms with E-state index in [2.05, 4.69) is 24.0 Å². The van der Waals surface area contributed by atoms with Gasteiger partial charge in [0.05, 0.1) is 16.3 Å². The highest BCUT2D eigenvalue weighted by molar-refractivity contribution is 7.15. The molecule has 0 saturated carbocycles. The van der Waals surface area contributed by atoms with Gasteiger partial charge in [0.2, 0.25) is 0 Å². The largest absolute Gasteiger partial charge is 0.296 e. The maximum absolute atomic E-state index is 10.9. The van der Waals surface area contributed by atoms with Crippen LogP contribution in [0.25, 0.3) is 16.2 Å². The number of thiophene rings is 1. The molecule has 0 aliphatic carbocycles. The van der Waals surface area contributed by atoms with Crippen molar-refractivity contribution < 1.29 is 4.79 Å². The number of rotatable bonds is 2. The van der Waals surface area contributed by atoms with E-state index >= 15 is 0 Å². The van der Waals surface area contributed by atoms with Crippen LogP contribution in [0.4, 0.5) is 0 Å². The Morgan fingerprint density at radius 1 is 1.29 bits per heavy atom. The number of hydrogen-bond donors (Lipinski definition) is 0. The summed E-state index contributed by atoms with van der Waals surface area (Å²) >= 11 is 1.71. The quantitative estimate of drug-likeness (QED) is 0.647. The summed E-state index contributed by atoms with van der Waals surface area (Å²) in [7, 11) is 0. The van der Waals surface area contributed by atoms with Gasteiger partial charge in [-0.2, -0.15) is 0 Å². The maximum Gasteiger partial charge on any atom is 0.166 e. The van der Waals surface area contributed by atoms with Gasteiger partial charge in [-0.25, -0.2) is 4.98 Å². The Morgan fingerprint density at radius 2 is 2.18 bits per heavy atom. The van der Waals surface area contributed by atoms with E-state index in [1.807, 2.05) is 22.7 Å². The zero-order valence-electron chi connectivity index (χ0n) is 9.25. The van der Waals surface area contributed by atoms with E-state index in [9.17, 15) is 4.79 Å². The molecule has 0 bridgehead atoms. The third-order valence-corrected chi connectivity index (χ3v) is 3.66. The average Bonchev–Trinajstić information content (AvgIpc) is 2.93. The van der Waals surface area contributed by atoms with Gasteiger partial charge in [-0.1, -0.05) is 6.07 Å².